The molecule has 0 radical (unpaired) electrons. The van der Waals surface area contributed by atoms with E-state index in [9.17, 15) is 9.18 Å². The third-order valence-corrected chi connectivity index (χ3v) is 2.90. The van der Waals surface area contributed by atoms with Crippen molar-refractivity contribution in [1.82, 2.24) is 8.61 Å². The van der Waals surface area contributed by atoms with Crippen molar-refractivity contribution in [1.29, 1.82) is 0 Å². The molecule has 0 aliphatic carbocycles. The van der Waals surface area contributed by atoms with E-state index < -0.39 is 6.16 Å². The van der Waals surface area contributed by atoms with Gasteiger partial charge in [-0.3, -0.25) is 0 Å². The van der Waals surface area contributed by atoms with Gasteiger partial charge in [-0.05, 0) is 27.7 Å². The quantitative estimate of drug-likeness (QED) is 0.403. The normalized spacial score (nSPS) is 11.5. The van der Waals surface area contributed by atoms with Crippen LogP contribution in [0, 0.1) is 0 Å². The predicted octanol–water partition coefficient (Wildman–Crippen LogP) is 2.69. The molecule has 0 unspecified atom stereocenters. The van der Waals surface area contributed by atoms with Crippen LogP contribution in [0.15, 0.2) is 0 Å². The SMILES string of the molecule is CC(C)N(SN(C)C(=O)F)C(C)C. The summed E-state index contributed by atoms with van der Waals surface area (Å²) >= 11 is 1.11. The predicted molar refractivity (Wildman–Crippen MR) is 54.0 cm³/mol. The number of halogens is 1. The average Bonchev–Trinajstić information content (AvgIpc) is 1.97. The Morgan fingerprint density at radius 3 is 1.85 bits per heavy atom. The molecule has 5 heteroatoms. The van der Waals surface area contributed by atoms with E-state index in [1.807, 2.05) is 32.0 Å². The average molecular weight is 208 g/mol. The molecule has 0 aliphatic rings. The Bertz CT molecular complexity index is 168. The zero-order valence-electron chi connectivity index (χ0n) is 8.74. The monoisotopic (exact) mass is 208 g/mol. The van der Waals surface area contributed by atoms with Crippen LogP contribution in [0.5, 0.6) is 0 Å². The van der Waals surface area contributed by atoms with Crippen LogP contribution in [0.4, 0.5) is 9.18 Å². The molecule has 0 N–H and O–H groups in total. The first kappa shape index (κ1) is 12.7. The molecule has 0 atom stereocenters. The van der Waals surface area contributed by atoms with E-state index in [0.717, 1.165) is 16.4 Å². The fraction of sp³-hybridized carbons (Fsp3) is 0.875. The second kappa shape index (κ2) is 5.44. The van der Waals surface area contributed by atoms with E-state index in [1.165, 1.54) is 7.05 Å². The van der Waals surface area contributed by atoms with Gasteiger partial charge in [-0.25, -0.2) is 13.4 Å². The van der Waals surface area contributed by atoms with Gasteiger partial charge < -0.3 is 0 Å². The largest absolute Gasteiger partial charge is 0.410 e. The van der Waals surface area contributed by atoms with Crippen LogP contribution in [0.1, 0.15) is 27.7 Å². The number of carbonyl (C=O) groups is 1. The Hall–Kier alpha value is -0.290. The summed E-state index contributed by atoms with van der Waals surface area (Å²) in [6.45, 7) is 8.01. The Morgan fingerprint density at radius 1 is 1.23 bits per heavy atom. The highest BCUT2D eigenvalue weighted by Crippen LogP contribution is 2.21. The number of hydrogen-bond donors (Lipinski definition) is 0. The Labute approximate surface area is 83.5 Å². The minimum Gasteiger partial charge on any atom is -0.248 e. The highest BCUT2D eigenvalue weighted by atomic mass is 32.2. The van der Waals surface area contributed by atoms with Gasteiger partial charge in [-0.2, -0.15) is 0 Å². The molecule has 0 fully saturated rings. The minimum absolute atomic E-state index is 0.270. The summed E-state index contributed by atoms with van der Waals surface area (Å²) in [6.07, 6.45) is -1.42. The van der Waals surface area contributed by atoms with E-state index in [0.29, 0.717) is 0 Å². The van der Waals surface area contributed by atoms with Crippen molar-refractivity contribution in [3.05, 3.63) is 0 Å². The van der Waals surface area contributed by atoms with Gasteiger partial charge in [0, 0.05) is 31.3 Å². The fourth-order valence-corrected chi connectivity index (χ4v) is 1.68. The van der Waals surface area contributed by atoms with E-state index in [2.05, 4.69) is 0 Å². The van der Waals surface area contributed by atoms with Crippen molar-refractivity contribution in [2.24, 2.45) is 0 Å². The van der Waals surface area contributed by atoms with Crippen molar-refractivity contribution < 1.29 is 9.18 Å². The van der Waals surface area contributed by atoms with Crippen LogP contribution >= 0.6 is 12.1 Å². The second-order valence-corrected chi connectivity index (χ2v) is 4.51. The van der Waals surface area contributed by atoms with E-state index >= 15 is 0 Å². The highest BCUT2D eigenvalue weighted by molar-refractivity contribution is 7.95. The molecule has 0 rings (SSSR count). The van der Waals surface area contributed by atoms with Gasteiger partial charge in [0.05, 0.1) is 0 Å². The zero-order valence-corrected chi connectivity index (χ0v) is 9.56. The number of carbonyl (C=O) groups excluding carboxylic acids is 1. The van der Waals surface area contributed by atoms with Crippen molar-refractivity contribution >= 4 is 18.3 Å². The van der Waals surface area contributed by atoms with Crippen LogP contribution < -0.4 is 0 Å². The fourth-order valence-electron chi connectivity index (χ4n) is 0.958. The van der Waals surface area contributed by atoms with Crippen molar-refractivity contribution in [2.45, 2.75) is 39.8 Å². The Balaban J connectivity index is 4.18. The molecule has 13 heavy (non-hydrogen) atoms. The van der Waals surface area contributed by atoms with E-state index in [4.69, 9.17) is 0 Å². The summed E-state index contributed by atoms with van der Waals surface area (Å²) in [5, 5.41) is 0. The molecular weight excluding hydrogens is 191 g/mol. The summed E-state index contributed by atoms with van der Waals surface area (Å²) in [4.78, 5) is 10.3. The third kappa shape index (κ3) is 4.47. The van der Waals surface area contributed by atoms with E-state index in [-0.39, 0.29) is 12.1 Å². The van der Waals surface area contributed by atoms with Crippen molar-refractivity contribution in [3.63, 3.8) is 0 Å². The molecule has 0 saturated heterocycles. The molecule has 0 heterocycles. The number of nitrogens with zero attached hydrogens (tertiary/aromatic N) is 2. The standard InChI is InChI=1S/C8H17FN2OS/c1-6(2)11(7(3)4)13-10(5)8(9)12/h6-7H,1-5H3. The Morgan fingerprint density at radius 2 is 1.62 bits per heavy atom. The lowest BCUT2D eigenvalue weighted by molar-refractivity contribution is 0.207. The van der Waals surface area contributed by atoms with Crippen LogP contribution in [0.25, 0.3) is 0 Å². The lowest BCUT2D eigenvalue weighted by atomic mass is 10.3. The smallest absolute Gasteiger partial charge is 0.248 e. The molecule has 0 aliphatic heterocycles. The summed E-state index contributed by atoms with van der Waals surface area (Å²) in [7, 11) is 1.42. The molecule has 0 aromatic rings. The van der Waals surface area contributed by atoms with Gasteiger partial charge in [0.1, 0.15) is 0 Å². The van der Waals surface area contributed by atoms with Gasteiger partial charge in [-0.15, -0.1) is 4.39 Å². The Kier molecular flexibility index (Phi) is 5.32. The molecule has 0 aromatic carbocycles. The first-order valence-electron chi connectivity index (χ1n) is 4.25. The van der Waals surface area contributed by atoms with Gasteiger partial charge in [0.15, 0.2) is 0 Å². The molecule has 0 spiro atoms. The molecule has 1 amide bonds. The summed E-state index contributed by atoms with van der Waals surface area (Å²) in [5.74, 6) is 0. The molecule has 0 saturated carbocycles. The van der Waals surface area contributed by atoms with Crippen LogP contribution in [0.2, 0.25) is 0 Å². The van der Waals surface area contributed by atoms with Gasteiger partial charge in [0.2, 0.25) is 0 Å². The van der Waals surface area contributed by atoms with Crippen LogP contribution in [0.3, 0.4) is 0 Å². The lowest BCUT2D eigenvalue weighted by Crippen LogP contribution is -2.34. The second-order valence-electron chi connectivity index (χ2n) is 3.38. The maximum atomic E-state index is 12.2. The number of hydrogen-bond acceptors (Lipinski definition) is 3. The van der Waals surface area contributed by atoms with Crippen molar-refractivity contribution in [3.8, 4) is 0 Å². The van der Waals surface area contributed by atoms with Gasteiger partial charge >= 0.3 is 6.16 Å². The molecule has 0 bridgehead atoms. The molecule has 0 aromatic heterocycles. The third-order valence-electron chi connectivity index (χ3n) is 1.48. The highest BCUT2D eigenvalue weighted by Gasteiger charge is 2.19. The maximum absolute atomic E-state index is 12.2. The van der Waals surface area contributed by atoms with Gasteiger partial charge in [-0.1, -0.05) is 0 Å². The first-order chi connectivity index (χ1) is 5.86. The molecule has 78 valence electrons. The zero-order chi connectivity index (χ0) is 10.6. The molecule has 3 nitrogen and oxygen atoms in total. The van der Waals surface area contributed by atoms with Crippen molar-refractivity contribution in [2.75, 3.05) is 7.05 Å². The number of amides is 1. The summed E-state index contributed by atoms with van der Waals surface area (Å²) in [5.41, 5.74) is 0. The lowest BCUT2D eigenvalue weighted by Gasteiger charge is -2.30. The minimum atomic E-state index is -1.42. The topological polar surface area (TPSA) is 23.6 Å². The number of rotatable bonds is 4. The summed E-state index contributed by atoms with van der Waals surface area (Å²) in [6, 6.07) is 0.540. The van der Waals surface area contributed by atoms with Crippen LogP contribution in [-0.4, -0.2) is 33.9 Å². The van der Waals surface area contributed by atoms with Gasteiger partial charge in [0.25, 0.3) is 0 Å². The first-order valence-corrected chi connectivity index (χ1v) is 4.99. The van der Waals surface area contributed by atoms with Crippen LogP contribution in [-0.2, 0) is 0 Å². The molecular formula is C8H17FN2OS. The maximum Gasteiger partial charge on any atom is 0.410 e. The summed E-state index contributed by atoms with van der Waals surface area (Å²) < 4.78 is 15.2. The van der Waals surface area contributed by atoms with E-state index in [1.54, 1.807) is 0 Å².